The van der Waals surface area contributed by atoms with Gasteiger partial charge in [-0.25, -0.2) is 0 Å². The highest BCUT2D eigenvalue weighted by Gasteiger charge is 2.24. The van der Waals surface area contributed by atoms with Crippen molar-refractivity contribution < 1.29 is 4.79 Å². The Kier molecular flexibility index (Phi) is 5.38. The molecule has 2 atom stereocenters. The van der Waals surface area contributed by atoms with Gasteiger partial charge in [0, 0.05) is 10.9 Å². The highest BCUT2D eigenvalue weighted by Crippen LogP contribution is 2.25. The molecule has 0 aliphatic heterocycles. The number of nitrogens with zero attached hydrogens (tertiary/aromatic N) is 1. The molecular weight excluding hydrogens is 336 g/mol. The van der Waals surface area contributed by atoms with E-state index >= 15 is 0 Å². The third-order valence-electron chi connectivity index (χ3n) is 3.67. The minimum atomic E-state index is -0.254. The Labute approximate surface area is 131 Å². The van der Waals surface area contributed by atoms with Crippen LogP contribution >= 0.6 is 27.3 Å². The van der Waals surface area contributed by atoms with Crippen LogP contribution in [0.25, 0.3) is 6.08 Å². The van der Waals surface area contributed by atoms with Gasteiger partial charge >= 0.3 is 0 Å². The number of halogens is 1. The van der Waals surface area contributed by atoms with Crippen molar-refractivity contribution in [1.29, 1.82) is 5.26 Å². The predicted molar refractivity (Wildman–Crippen MR) is 85.2 cm³/mol. The molecule has 1 aliphatic carbocycles. The molecule has 1 heterocycles. The van der Waals surface area contributed by atoms with Crippen molar-refractivity contribution >= 4 is 39.2 Å². The van der Waals surface area contributed by atoms with Gasteiger partial charge in [-0.15, -0.1) is 11.3 Å². The predicted octanol–water partition coefficient (Wildman–Crippen LogP) is 4.11. The van der Waals surface area contributed by atoms with Crippen LogP contribution in [-0.2, 0) is 4.79 Å². The van der Waals surface area contributed by atoms with Gasteiger partial charge in [-0.05, 0) is 52.9 Å². The van der Waals surface area contributed by atoms with Crippen molar-refractivity contribution in [2.75, 3.05) is 0 Å². The molecule has 1 aromatic rings. The summed E-state index contributed by atoms with van der Waals surface area (Å²) in [7, 11) is 0. The first-order chi connectivity index (χ1) is 9.60. The molecule has 0 spiro atoms. The summed E-state index contributed by atoms with van der Waals surface area (Å²) < 4.78 is 0.988. The second-order valence-corrected chi connectivity index (χ2v) is 7.65. The second-order valence-electron chi connectivity index (χ2n) is 5.15. The van der Waals surface area contributed by atoms with Gasteiger partial charge in [-0.1, -0.05) is 19.8 Å². The van der Waals surface area contributed by atoms with Crippen LogP contribution in [0.3, 0.4) is 0 Å². The van der Waals surface area contributed by atoms with E-state index in [0.29, 0.717) is 5.92 Å². The van der Waals surface area contributed by atoms with Gasteiger partial charge in [-0.3, -0.25) is 4.79 Å². The molecule has 0 bridgehead atoms. The fourth-order valence-corrected chi connectivity index (χ4v) is 3.84. The molecule has 0 aromatic carbocycles. The van der Waals surface area contributed by atoms with Crippen LogP contribution in [0.1, 0.15) is 37.5 Å². The molecule has 1 N–H and O–H groups in total. The number of nitrogens with one attached hydrogen (secondary N) is 1. The summed E-state index contributed by atoms with van der Waals surface area (Å²) in [5.41, 5.74) is 0.178. The van der Waals surface area contributed by atoms with E-state index in [1.165, 1.54) is 17.8 Å². The zero-order valence-electron chi connectivity index (χ0n) is 11.4. The van der Waals surface area contributed by atoms with Crippen LogP contribution < -0.4 is 5.32 Å². The lowest BCUT2D eigenvalue weighted by molar-refractivity contribution is -0.118. The van der Waals surface area contributed by atoms with Crippen molar-refractivity contribution in [1.82, 2.24) is 5.32 Å². The molecule has 5 heteroatoms. The Morgan fingerprint density at radius 1 is 1.50 bits per heavy atom. The van der Waals surface area contributed by atoms with Crippen molar-refractivity contribution in [2.45, 2.75) is 38.6 Å². The van der Waals surface area contributed by atoms with E-state index in [9.17, 15) is 10.1 Å². The Bertz CT molecular complexity index is 558. The molecule has 2 rings (SSSR count). The monoisotopic (exact) mass is 352 g/mol. The topological polar surface area (TPSA) is 52.9 Å². The van der Waals surface area contributed by atoms with Crippen molar-refractivity contribution in [3.8, 4) is 6.07 Å². The average molecular weight is 353 g/mol. The Morgan fingerprint density at radius 3 is 2.85 bits per heavy atom. The summed E-state index contributed by atoms with van der Waals surface area (Å²) in [5, 5.41) is 12.2. The van der Waals surface area contributed by atoms with Crippen molar-refractivity contribution in [3.63, 3.8) is 0 Å². The van der Waals surface area contributed by atoms with Crippen LogP contribution in [0, 0.1) is 17.2 Å². The molecule has 20 heavy (non-hydrogen) atoms. The molecule has 106 valence electrons. The molecule has 1 fully saturated rings. The number of nitriles is 1. The van der Waals surface area contributed by atoms with Gasteiger partial charge in [-0.2, -0.15) is 5.26 Å². The molecule has 0 saturated heterocycles. The van der Waals surface area contributed by atoms with Gasteiger partial charge < -0.3 is 5.32 Å². The third-order valence-corrected chi connectivity index (χ3v) is 5.24. The van der Waals surface area contributed by atoms with Gasteiger partial charge in [0.2, 0.25) is 0 Å². The first-order valence-electron chi connectivity index (χ1n) is 6.78. The smallest absolute Gasteiger partial charge is 0.262 e. The summed E-state index contributed by atoms with van der Waals surface area (Å²) in [5.74, 6) is 0.235. The zero-order valence-corrected chi connectivity index (χ0v) is 13.8. The van der Waals surface area contributed by atoms with Crippen LogP contribution in [0.2, 0.25) is 0 Å². The second kappa shape index (κ2) is 7.05. The Hall–Kier alpha value is -1.12. The van der Waals surface area contributed by atoms with E-state index in [1.807, 2.05) is 18.2 Å². The summed E-state index contributed by atoms with van der Waals surface area (Å²) in [6, 6.07) is 6.00. The molecule has 3 nitrogen and oxygen atoms in total. The van der Waals surface area contributed by atoms with Crippen molar-refractivity contribution in [2.24, 2.45) is 5.92 Å². The van der Waals surface area contributed by atoms with E-state index in [2.05, 4.69) is 28.2 Å². The molecule has 1 aliphatic rings. The molecule has 0 unspecified atom stereocenters. The maximum atomic E-state index is 12.2. The SMILES string of the molecule is C[C@@H]1CCCC[C@H]1NC(=O)/C(C#N)=C/c1ccc(Br)s1. The average Bonchev–Trinajstić information content (AvgIpc) is 2.84. The van der Waals surface area contributed by atoms with Crippen LogP contribution in [0.15, 0.2) is 21.5 Å². The van der Waals surface area contributed by atoms with E-state index in [4.69, 9.17) is 0 Å². The number of hydrogen-bond acceptors (Lipinski definition) is 3. The first-order valence-corrected chi connectivity index (χ1v) is 8.39. The third kappa shape index (κ3) is 3.94. The lowest BCUT2D eigenvalue weighted by atomic mass is 9.86. The maximum absolute atomic E-state index is 12.2. The van der Waals surface area contributed by atoms with Gasteiger partial charge in [0.25, 0.3) is 5.91 Å². The Balaban J connectivity index is 2.06. The minimum absolute atomic E-state index is 0.178. The highest BCUT2D eigenvalue weighted by molar-refractivity contribution is 9.11. The van der Waals surface area contributed by atoms with Gasteiger partial charge in [0.15, 0.2) is 0 Å². The van der Waals surface area contributed by atoms with Crippen LogP contribution in [-0.4, -0.2) is 11.9 Å². The fourth-order valence-electron chi connectivity index (χ4n) is 2.47. The largest absolute Gasteiger partial charge is 0.348 e. The van der Waals surface area contributed by atoms with E-state index in [-0.39, 0.29) is 17.5 Å². The number of rotatable bonds is 3. The first kappa shape index (κ1) is 15.3. The lowest BCUT2D eigenvalue weighted by Gasteiger charge is -2.29. The summed E-state index contributed by atoms with van der Waals surface area (Å²) >= 11 is 4.88. The summed E-state index contributed by atoms with van der Waals surface area (Å²) in [4.78, 5) is 13.1. The highest BCUT2D eigenvalue weighted by atomic mass is 79.9. The van der Waals surface area contributed by atoms with E-state index < -0.39 is 0 Å². The minimum Gasteiger partial charge on any atom is -0.348 e. The molecule has 1 saturated carbocycles. The molecule has 1 aromatic heterocycles. The summed E-state index contributed by atoms with van der Waals surface area (Å²) in [6.45, 7) is 2.16. The number of thiophene rings is 1. The molecule has 0 radical (unpaired) electrons. The Morgan fingerprint density at radius 2 is 2.25 bits per heavy atom. The quantitative estimate of drug-likeness (QED) is 0.657. The number of carbonyl (C=O) groups excluding carboxylic acids is 1. The number of hydrogen-bond donors (Lipinski definition) is 1. The number of carbonyl (C=O) groups is 1. The standard InChI is InChI=1S/C15H17BrN2OS/c1-10-4-2-3-5-13(10)18-15(19)11(9-17)8-12-6-7-14(16)20-12/h6-8,10,13H,2-5H2,1H3,(H,18,19)/b11-8+/t10-,13-/m1/s1. The maximum Gasteiger partial charge on any atom is 0.262 e. The molecule has 1 amide bonds. The van der Waals surface area contributed by atoms with Crippen LogP contribution in [0.5, 0.6) is 0 Å². The lowest BCUT2D eigenvalue weighted by Crippen LogP contribution is -2.41. The fraction of sp³-hybridized carbons (Fsp3) is 0.467. The van der Waals surface area contributed by atoms with E-state index in [0.717, 1.165) is 27.9 Å². The van der Waals surface area contributed by atoms with E-state index in [1.54, 1.807) is 6.08 Å². The zero-order chi connectivity index (χ0) is 14.5. The summed E-state index contributed by atoms with van der Waals surface area (Å²) in [6.07, 6.45) is 6.19. The normalized spacial score (nSPS) is 23.1. The van der Waals surface area contributed by atoms with Crippen molar-refractivity contribution in [3.05, 3.63) is 26.4 Å². The van der Waals surface area contributed by atoms with Gasteiger partial charge in [0.05, 0.1) is 3.79 Å². The molecular formula is C15H17BrN2OS. The van der Waals surface area contributed by atoms with Gasteiger partial charge in [0.1, 0.15) is 11.6 Å². The van der Waals surface area contributed by atoms with Crippen LogP contribution in [0.4, 0.5) is 0 Å². The number of amides is 1.